The second-order valence-corrected chi connectivity index (χ2v) is 7.71. The van der Waals surface area contributed by atoms with Crippen LogP contribution in [0.2, 0.25) is 0 Å². The quantitative estimate of drug-likeness (QED) is 0.353. The van der Waals surface area contributed by atoms with Crippen molar-refractivity contribution in [3.05, 3.63) is 88.7 Å². The summed E-state index contributed by atoms with van der Waals surface area (Å²) in [6.45, 7) is 2.29. The number of aromatic nitrogens is 3. The van der Waals surface area contributed by atoms with Crippen molar-refractivity contribution in [2.45, 2.75) is 0 Å². The van der Waals surface area contributed by atoms with Crippen LogP contribution in [-0.4, -0.2) is 56.9 Å². The molecule has 0 radical (unpaired) electrons. The molecule has 1 fully saturated rings. The van der Waals surface area contributed by atoms with Gasteiger partial charge in [-0.25, -0.2) is 9.97 Å². The zero-order valence-electron chi connectivity index (χ0n) is 17.7. The van der Waals surface area contributed by atoms with Crippen LogP contribution in [0.4, 0.5) is 11.5 Å². The van der Waals surface area contributed by atoms with Crippen molar-refractivity contribution in [2.24, 2.45) is 0 Å². The number of amides is 1. The zero-order chi connectivity index (χ0) is 22.8. The van der Waals surface area contributed by atoms with Gasteiger partial charge < -0.3 is 9.80 Å². The van der Waals surface area contributed by atoms with E-state index < -0.39 is 4.92 Å². The standard InChI is InChI=1S/C24H20N6O3/c31-24(18-5-7-19(8-6-18)30(32)33)29-15-13-28(14-16-29)23-20-3-1-2-4-21(20)26-22(27-23)17-9-11-25-12-10-17/h1-12H,13-16H2. The van der Waals surface area contributed by atoms with Gasteiger partial charge in [0.25, 0.3) is 11.6 Å². The normalized spacial score (nSPS) is 13.8. The monoisotopic (exact) mass is 440 g/mol. The number of para-hydroxylation sites is 1. The molecule has 0 N–H and O–H groups in total. The third-order valence-electron chi connectivity index (χ3n) is 5.71. The van der Waals surface area contributed by atoms with E-state index in [1.54, 1.807) is 17.3 Å². The van der Waals surface area contributed by atoms with E-state index in [1.165, 1.54) is 24.3 Å². The number of fused-ring (bicyclic) bond motifs is 1. The van der Waals surface area contributed by atoms with Gasteiger partial charge in [0.1, 0.15) is 5.82 Å². The van der Waals surface area contributed by atoms with Crippen LogP contribution in [-0.2, 0) is 0 Å². The Labute approximate surface area is 189 Å². The Morgan fingerprint density at radius 1 is 0.879 bits per heavy atom. The van der Waals surface area contributed by atoms with Gasteiger partial charge in [-0.2, -0.15) is 0 Å². The molecular weight excluding hydrogens is 420 g/mol. The van der Waals surface area contributed by atoms with Crippen molar-refractivity contribution in [1.82, 2.24) is 19.9 Å². The lowest BCUT2D eigenvalue weighted by molar-refractivity contribution is -0.384. The molecule has 0 spiro atoms. The number of nitro groups is 1. The maximum absolute atomic E-state index is 12.9. The number of carbonyl (C=O) groups excluding carboxylic acids is 1. The number of hydrogen-bond acceptors (Lipinski definition) is 7. The van der Waals surface area contributed by atoms with Gasteiger partial charge in [0.05, 0.1) is 10.4 Å². The number of hydrogen-bond donors (Lipinski definition) is 0. The van der Waals surface area contributed by atoms with Gasteiger partial charge in [-0.15, -0.1) is 0 Å². The summed E-state index contributed by atoms with van der Waals surface area (Å²) in [5.74, 6) is 1.35. The third-order valence-corrected chi connectivity index (χ3v) is 5.71. The number of pyridine rings is 1. The van der Waals surface area contributed by atoms with Gasteiger partial charge in [0.2, 0.25) is 0 Å². The first-order valence-corrected chi connectivity index (χ1v) is 10.6. The Hall–Kier alpha value is -4.40. The SMILES string of the molecule is O=C(c1ccc([N+](=O)[O-])cc1)N1CCN(c2nc(-c3ccncc3)nc3ccccc23)CC1. The lowest BCUT2D eigenvalue weighted by atomic mass is 10.1. The first kappa shape index (κ1) is 20.5. The maximum atomic E-state index is 12.9. The van der Waals surface area contributed by atoms with E-state index in [1.807, 2.05) is 36.4 Å². The molecule has 0 bridgehead atoms. The number of non-ortho nitro benzene ring substituents is 1. The molecule has 9 nitrogen and oxygen atoms in total. The van der Waals surface area contributed by atoms with Gasteiger partial charge in [0, 0.05) is 67.2 Å². The summed E-state index contributed by atoms with van der Waals surface area (Å²) in [7, 11) is 0. The first-order chi connectivity index (χ1) is 16.1. The predicted octanol–water partition coefficient (Wildman–Crippen LogP) is 3.56. The molecule has 2 aromatic carbocycles. The molecule has 9 heteroatoms. The Kier molecular flexibility index (Phi) is 5.35. The lowest BCUT2D eigenvalue weighted by Gasteiger charge is -2.36. The molecule has 0 unspecified atom stereocenters. The highest BCUT2D eigenvalue weighted by molar-refractivity contribution is 5.95. The molecule has 0 aliphatic carbocycles. The molecule has 1 aliphatic rings. The van der Waals surface area contributed by atoms with Gasteiger partial charge >= 0.3 is 0 Å². The Bertz CT molecular complexity index is 1320. The molecule has 1 aliphatic heterocycles. The van der Waals surface area contributed by atoms with Crippen molar-refractivity contribution in [3.63, 3.8) is 0 Å². The lowest BCUT2D eigenvalue weighted by Crippen LogP contribution is -2.49. The zero-order valence-corrected chi connectivity index (χ0v) is 17.7. The molecule has 0 atom stereocenters. The fourth-order valence-electron chi connectivity index (χ4n) is 3.96. The highest BCUT2D eigenvalue weighted by Crippen LogP contribution is 2.28. The minimum Gasteiger partial charge on any atom is -0.352 e. The van der Waals surface area contributed by atoms with Crippen LogP contribution in [0.15, 0.2) is 73.1 Å². The number of rotatable bonds is 4. The number of nitro benzene ring substituents is 1. The Balaban J connectivity index is 1.38. The number of benzene rings is 2. The number of carbonyl (C=O) groups is 1. The average molecular weight is 440 g/mol. The molecule has 3 heterocycles. The van der Waals surface area contributed by atoms with Crippen molar-refractivity contribution in [2.75, 3.05) is 31.1 Å². The van der Waals surface area contributed by atoms with Crippen LogP contribution in [0.1, 0.15) is 10.4 Å². The van der Waals surface area contributed by atoms with Gasteiger partial charge in [-0.05, 0) is 36.4 Å². The van der Waals surface area contributed by atoms with E-state index in [0.29, 0.717) is 37.6 Å². The third kappa shape index (κ3) is 4.08. The smallest absolute Gasteiger partial charge is 0.269 e. The molecular formula is C24H20N6O3. The maximum Gasteiger partial charge on any atom is 0.269 e. The average Bonchev–Trinajstić information content (AvgIpc) is 2.88. The van der Waals surface area contributed by atoms with Crippen molar-refractivity contribution in [1.29, 1.82) is 0 Å². The van der Waals surface area contributed by atoms with E-state index in [4.69, 9.17) is 9.97 Å². The Morgan fingerprint density at radius 3 is 2.27 bits per heavy atom. The van der Waals surface area contributed by atoms with Gasteiger partial charge in [0.15, 0.2) is 5.82 Å². The molecule has 1 amide bonds. The van der Waals surface area contributed by atoms with Crippen LogP contribution in [0.25, 0.3) is 22.3 Å². The molecule has 164 valence electrons. The molecule has 33 heavy (non-hydrogen) atoms. The first-order valence-electron chi connectivity index (χ1n) is 10.6. The van der Waals surface area contributed by atoms with E-state index in [0.717, 1.165) is 22.3 Å². The Morgan fingerprint density at radius 2 is 1.58 bits per heavy atom. The molecule has 1 saturated heterocycles. The van der Waals surface area contributed by atoms with E-state index in [2.05, 4.69) is 9.88 Å². The highest BCUT2D eigenvalue weighted by atomic mass is 16.6. The summed E-state index contributed by atoms with van der Waals surface area (Å²) in [6, 6.07) is 17.4. The number of nitrogens with zero attached hydrogens (tertiary/aromatic N) is 6. The minimum atomic E-state index is -0.473. The molecule has 5 rings (SSSR count). The van der Waals surface area contributed by atoms with Crippen LogP contribution in [0.3, 0.4) is 0 Å². The van der Waals surface area contributed by atoms with Crippen LogP contribution >= 0.6 is 0 Å². The summed E-state index contributed by atoms with van der Waals surface area (Å²) in [4.78, 5) is 40.9. The number of anilines is 1. The molecule has 4 aromatic rings. The van der Waals surface area contributed by atoms with Gasteiger partial charge in [-0.1, -0.05) is 12.1 Å². The fourth-order valence-corrected chi connectivity index (χ4v) is 3.96. The van der Waals surface area contributed by atoms with E-state index in [-0.39, 0.29) is 11.6 Å². The second kappa shape index (κ2) is 8.62. The minimum absolute atomic E-state index is 0.0305. The van der Waals surface area contributed by atoms with Crippen LogP contribution in [0, 0.1) is 10.1 Å². The van der Waals surface area contributed by atoms with E-state index >= 15 is 0 Å². The predicted molar refractivity (Wildman–Crippen MR) is 124 cm³/mol. The summed E-state index contributed by atoms with van der Waals surface area (Å²) in [5.41, 5.74) is 2.17. The van der Waals surface area contributed by atoms with Gasteiger partial charge in [-0.3, -0.25) is 19.9 Å². The molecule has 0 saturated carbocycles. The summed E-state index contributed by atoms with van der Waals surface area (Å²) in [5, 5.41) is 11.8. The summed E-state index contributed by atoms with van der Waals surface area (Å²) < 4.78 is 0. The van der Waals surface area contributed by atoms with Crippen LogP contribution in [0.5, 0.6) is 0 Å². The molecule has 2 aromatic heterocycles. The van der Waals surface area contributed by atoms with Crippen molar-refractivity contribution >= 4 is 28.3 Å². The summed E-state index contributed by atoms with van der Waals surface area (Å²) in [6.07, 6.45) is 3.44. The van der Waals surface area contributed by atoms with Crippen molar-refractivity contribution in [3.8, 4) is 11.4 Å². The topological polar surface area (TPSA) is 105 Å². The van der Waals surface area contributed by atoms with E-state index in [9.17, 15) is 14.9 Å². The fraction of sp³-hybridized carbons (Fsp3) is 0.167. The van der Waals surface area contributed by atoms with Crippen molar-refractivity contribution < 1.29 is 9.72 Å². The largest absolute Gasteiger partial charge is 0.352 e. The highest BCUT2D eigenvalue weighted by Gasteiger charge is 2.25. The van der Waals surface area contributed by atoms with Crippen LogP contribution < -0.4 is 4.90 Å². The summed E-state index contributed by atoms with van der Waals surface area (Å²) >= 11 is 0. The second-order valence-electron chi connectivity index (χ2n) is 7.71. The number of piperazine rings is 1.